The van der Waals surface area contributed by atoms with Crippen LogP contribution >= 0.6 is 23.2 Å². The molecule has 1 unspecified atom stereocenters. The Morgan fingerprint density at radius 3 is 0.987 bits per heavy atom. The third-order valence-electron chi connectivity index (χ3n) is 12.2. The van der Waals surface area contributed by atoms with Crippen molar-refractivity contribution in [3.63, 3.8) is 0 Å². The van der Waals surface area contributed by atoms with Gasteiger partial charge in [-0.15, -0.1) is 0 Å². The van der Waals surface area contributed by atoms with E-state index >= 15 is 0 Å². The Hall–Kier alpha value is -6.74. The average molecular weight is 1050 g/mol. The fourth-order valence-electron chi connectivity index (χ4n) is 8.51. The minimum absolute atomic E-state index is 0.0318. The van der Waals surface area contributed by atoms with Crippen molar-refractivity contribution in [3.05, 3.63) is 278 Å². The summed E-state index contributed by atoms with van der Waals surface area (Å²) in [6.45, 7) is 21.5. The maximum atomic E-state index is 11.8. The van der Waals surface area contributed by atoms with Crippen LogP contribution in [0.15, 0.2) is 202 Å². The van der Waals surface area contributed by atoms with Crippen LogP contribution in [0.5, 0.6) is 0 Å². The summed E-state index contributed by atoms with van der Waals surface area (Å²) >= 11 is 11.8. The highest BCUT2D eigenvalue weighted by atomic mass is 35.5. The van der Waals surface area contributed by atoms with Crippen molar-refractivity contribution in [1.82, 2.24) is 18.3 Å². The van der Waals surface area contributed by atoms with Crippen LogP contribution in [0, 0.1) is 23.7 Å². The molecule has 0 radical (unpaired) electrons. The summed E-state index contributed by atoms with van der Waals surface area (Å²) < 4.78 is 6.73. The molecule has 0 saturated heterocycles. The Bertz CT molecular complexity index is 3090. The Morgan fingerprint density at radius 1 is 0.333 bits per heavy atom. The zero-order valence-corrected chi connectivity index (χ0v) is 46.8. The van der Waals surface area contributed by atoms with Crippen LogP contribution in [0.25, 0.3) is 0 Å². The van der Waals surface area contributed by atoms with Gasteiger partial charge in [-0.25, -0.2) is 0 Å². The summed E-state index contributed by atoms with van der Waals surface area (Å²) in [4.78, 5) is 46.8. The van der Waals surface area contributed by atoms with Crippen molar-refractivity contribution in [2.24, 2.45) is 23.7 Å². The van der Waals surface area contributed by atoms with Gasteiger partial charge in [0.15, 0.2) is 0 Å². The summed E-state index contributed by atoms with van der Waals surface area (Å²) in [6.07, 6.45) is 11.4. The van der Waals surface area contributed by atoms with Gasteiger partial charge in [-0.05, 0) is 125 Å². The summed E-state index contributed by atoms with van der Waals surface area (Å²) in [5.41, 5.74) is 9.94. The molecule has 0 bridgehead atoms. The molecule has 8 aromatic rings. The molecule has 0 aliphatic rings. The Labute approximate surface area is 454 Å². The van der Waals surface area contributed by atoms with E-state index in [1.54, 1.807) is 67.1 Å². The number of pyridine rings is 4. The van der Waals surface area contributed by atoms with Gasteiger partial charge in [0.1, 0.15) is 0 Å². The second-order valence-corrected chi connectivity index (χ2v) is 21.9. The fourth-order valence-corrected chi connectivity index (χ4v) is 8.87. The highest BCUT2D eigenvalue weighted by Gasteiger charge is 2.09. The molecule has 8 nitrogen and oxygen atoms in total. The molecule has 10 heteroatoms. The van der Waals surface area contributed by atoms with E-state index in [2.05, 4.69) is 159 Å². The number of aromatic nitrogens is 4. The minimum Gasteiger partial charge on any atom is -0.311 e. The zero-order chi connectivity index (χ0) is 54.4. The standard InChI is InChI=1S/C17H21NO.2C16H18ClNO.C16H19NO/c1-13(2)12-15-7-9-16(10-8-15)14(3)18-11-5-4-6-17(18)19;2*1-12(2)9-13-3-5-14(6-4-13)10-18-11-15(17)7-8-16(18)19;1-13(2)11-14-6-8-15(9-7-14)12-17-10-4-3-5-16(17)18/h4-11,13-14H,12H2,1-3H3;2*3-8,11-12H,9-10H2,1-2H3;3-10,13H,11-12H2,1-2H3. The molecular formula is C65H76Cl2N4O4. The van der Waals surface area contributed by atoms with Gasteiger partial charge in [0, 0.05) is 49.1 Å². The molecule has 4 aromatic carbocycles. The molecule has 75 heavy (non-hydrogen) atoms. The van der Waals surface area contributed by atoms with Crippen LogP contribution in [0.3, 0.4) is 0 Å². The van der Waals surface area contributed by atoms with Crippen LogP contribution in [-0.2, 0) is 45.3 Å². The predicted octanol–water partition coefficient (Wildman–Crippen LogP) is 14.2. The van der Waals surface area contributed by atoms with E-state index in [1.807, 2.05) is 24.5 Å². The monoisotopic (exact) mass is 1050 g/mol. The van der Waals surface area contributed by atoms with Crippen LogP contribution in [0.4, 0.5) is 0 Å². The van der Waals surface area contributed by atoms with Gasteiger partial charge >= 0.3 is 0 Å². The SMILES string of the molecule is CC(C)Cc1ccc(C(C)n2ccccc2=O)cc1.CC(C)Cc1ccc(Cn2cc(Cl)ccc2=O)cc1.CC(C)Cc1ccc(Cn2cc(Cl)ccc2=O)cc1.CC(C)Cc1ccc(Cn2ccccc2=O)cc1. The van der Waals surface area contributed by atoms with E-state index in [4.69, 9.17) is 23.2 Å². The summed E-state index contributed by atoms with van der Waals surface area (Å²) in [7, 11) is 0. The lowest BCUT2D eigenvalue weighted by Gasteiger charge is -2.16. The molecule has 0 N–H and O–H groups in total. The molecule has 0 amide bonds. The van der Waals surface area contributed by atoms with Crippen molar-refractivity contribution in [2.75, 3.05) is 0 Å². The van der Waals surface area contributed by atoms with E-state index in [0.29, 0.717) is 53.4 Å². The van der Waals surface area contributed by atoms with Crippen molar-refractivity contribution in [3.8, 4) is 0 Å². The highest BCUT2D eigenvalue weighted by molar-refractivity contribution is 6.30. The molecule has 0 spiro atoms. The van der Waals surface area contributed by atoms with Gasteiger partial charge < -0.3 is 18.3 Å². The highest BCUT2D eigenvalue weighted by Crippen LogP contribution is 2.19. The zero-order valence-electron chi connectivity index (χ0n) is 45.3. The van der Waals surface area contributed by atoms with Gasteiger partial charge in [-0.2, -0.15) is 0 Å². The summed E-state index contributed by atoms with van der Waals surface area (Å²) in [6, 6.07) is 50.7. The summed E-state index contributed by atoms with van der Waals surface area (Å²) in [5.74, 6) is 2.65. The topological polar surface area (TPSA) is 88.0 Å². The minimum atomic E-state index is -0.0318. The first-order valence-corrected chi connectivity index (χ1v) is 26.9. The molecule has 0 aliphatic carbocycles. The number of hydrogen-bond acceptors (Lipinski definition) is 4. The van der Waals surface area contributed by atoms with Crippen molar-refractivity contribution < 1.29 is 0 Å². The second kappa shape index (κ2) is 30.0. The number of rotatable bonds is 16. The normalized spacial score (nSPS) is 11.3. The number of halogens is 2. The van der Waals surface area contributed by atoms with Gasteiger partial charge in [0.05, 0.1) is 35.7 Å². The predicted molar refractivity (Wildman–Crippen MR) is 314 cm³/mol. The Balaban J connectivity index is 0.000000185. The summed E-state index contributed by atoms with van der Waals surface area (Å²) in [5, 5.41) is 1.16. The maximum Gasteiger partial charge on any atom is 0.251 e. The van der Waals surface area contributed by atoms with Crippen LogP contribution in [-0.4, -0.2) is 18.3 Å². The molecule has 394 valence electrons. The first-order valence-electron chi connectivity index (χ1n) is 26.2. The van der Waals surface area contributed by atoms with E-state index in [0.717, 1.165) is 42.4 Å². The molecule has 1 atom stereocenters. The number of benzene rings is 4. The van der Waals surface area contributed by atoms with E-state index in [1.165, 1.54) is 39.9 Å². The molecule has 0 saturated carbocycles. The molecule has 4 heterocycles. The number of nitrogens with zero attached hydrogens (tertiary/aromatic N) is 4. The average Bonchev–Trinajstić information content (AvgIpc) is 3.36. The van der Waals surface area contributed by atoms with Crippen LogP contribution in [0.2, 0.25) is 10.0 Å². The quantitative estimate of drug-likeness (QED) is 0.0964. The Morgan fingerprint density at radius 2 is 0.640 bits per heavy atom. The smallest absolute Gasteiger partial charge is 0.251 e. The lowest BCUT2D eigenvalue weighted by molar-refractivity contribution is 0.613. The first kappa shape index (κ1) is 59.1. The van der Waals surface area contributed by atoms with Crippen molar-refractivity contribution in [2.45, 2.75) is 114 Å². The van der Waals surface area contributed by atoms with Gasteiger partial charge in [-0.1, -0.05) is 188 Å². The number of hydrogen-bond donors (Lipinski definition) is 0. The third kappa shape index (κ3) is 20.8. The van der Waals surface area contributed by atoms with E-state index in [-0.39, 0.29) is 28.3 Å². The molecule has 0 aliphatic heterocycles. The molecular weight excluding hydrogens is 972 g/mol. The lowest BCUT2D eigenvalue weighted by atomic mass is 10.00. The third-order valence-corrected chi connectivity index (χ3v) is 12.7. The van der Waals surface area contributed by atoms with Crippen molar-refractivity contribution in [1.29, 1.82) is 0 Å². The first-order chi connectivity index (χ1) is 35.8. The van der Waals surface area contributed by atoms with Gasteiger partial charge in [0.2, 0.25) is 0 Å². The van der Waals surface area contributed by atoms with Crippen molar-refractivity contribution >= 4 is 23.2 Å². The van der Waals surface area contributed by atoms with Gasteiger partial charge in [0.25, 0.3) is 22.2 Å². The Kier molecular flexibility index (Phi) is 23.6. The van der Waals surface area contributed by atoms with E-state index in [9.17, 15) is 19.2 Å². The lowest BCUT2D eigenvalue weighted by Crippen LogP contribution is -2.21. The van der Waals surface area contributed by atoms with Crippen LogP contribution < -0.4 is 22.2 Å². The van der Waals surface area contributed by atoms with Crippen LogP contribution in [0.1, 0.15) is 113 Å². The molecule has 0 fully saturated rings. The largest absolute Gasteiger partial charge is 0.311 e. The molecule has 4 aromatic heterocycles. The second-order valence-electron chi connectivity index (χ2n) is 21.0. The fraction of sp³-hybridized carbons (Fsp3) is 0.323. The maximum absolute atomic E-state index is 11.8. The van der Waals surface area contributed by atoms with E-state index < -0.39 is 0 Å². The van der Waals surface area contributed by atoms with Gasteiger partial charge in [-0.3, -0.25) is 19.2 Å². The molecule has 8 rings (SSSR count).